The second kappa shape index (κ2) is 6.54. The number of amides is 2. The number of benzene rings is 2. The van der Waals surface area contributed by atoms with Gasteiger partial charge in [0.25, 0.3) is 0 Å². The first kappa shape index (κ1) is 17.3. The molecule has 0 bridgehead atoms. The van der Waals surface area contributed by atoms with Crippen LogP contribution in [0.15, 0.2) is 42.5 Å². The van der Waals surface area contributed by atoms with Crippen molar-refractivity contribution in [3.8, 4) is 0 Å². The van der Waals surface area contributed by atoms with E-state index in [1.807, 2.05) is 32.0 Å². The monoisotopic (exact) mass is 364 g/mol. The number of esters is 1. The van der Waals surface area contributed by atoms with Crippen LogP contribution in [0.25, 0.3) is 0 Å². The van der Waals surface area contributed by atoms with Gasteiger partial charge in [0.05, 0.1) is 5.56 Å². The Balaban J connectivity index is 1.60. The van der Waals surface area contributed by atoms with Crippen molar-refractivity contribution in [2.75, 3.05) is 5.32 Å². The van der Waals surface area contributed by atoms with Gasteiger partial charge in [0, 0.05) is 17.7 Å². The number of carbonyl (C=O) groups is 3. The molecule has 1 N–H and O–H groups in total. The number of cyclic esters (lactones) is 1. The quantitative estimate of drug-likeness (QED) is 0.849. The zero-order valence-corrected chi connectivity index (χ0v) is 15.2. The number of hydrogen-bond acceptors (Lipinski definition) is 4. The Morgan fingerprint density at radius 2 is 1.93 bits per heavy atom. The molecule has 6 nitrogen and oxygen atoms in total. The molecule has 2 aliphatic heterocycles. The van der Waals surface area contributed by atoms with Crippen LogP contribution in [-0.4, -0.2) is 28.7 Å². The summed E-state index contributed by atoms with van der Waals surface area (Å²) in [6.45, 7) is 3.91. The highest BCUT2D eigenvalue weighted by Gasteiger charge is 2.46. The summed E-state index contributed by atoms with van der Waals surface area (Å²) in [5, 5.41) is 2.92. The van der Waals surface area contributed by atoms with E-state index in [9.17, 15) is 14.4 Å². The Hall–Kier alpha value is -3.15. The predicted molar refractivity (Wildman–Crippen MR) is 99.0 cm³/mol. The van der Waals surface area contributed by atoms with Gasteiger partial charge in [-0.25, -0.2) is 4.79 Å². The third-order valence-corrected chi connectivity index (χ3v) is 5.12. The third kappa shape index (κ3) is 2.97. The van der Waals surface area contributed by atoms with Gasteiger partial charge < -0.3 is 10.1 Å². The van der Waals surface area contributed by atoms with E-state index >= 15 is 0 Å². The second-order valence-electron chi connectivity index (χ2n) is 7.01. The van der Waals surface area contributed by atoms with E-state index in [1.165, 1.54) is 4.90 Å². The average Bonchev–Trinajstić information content (AvgIpc) is 3.18. The van der Waals surface area contributed by atoms with Crippen molar-refractivity contribution in [1.29, 1.82) is 0 Å². The van der Waals surface area contributed by atoms with Crippen LogP contribution in [-0.2, 0) is 14.3 Å². The Labute approximate surface area is 157 Å². The van der Waals surface area contributed by atoms with Gasteiger partial charge in [-0.05, 0) is 38.0 Å². The molecule has 2 aromatic rings. The third-order valence-electron chi connectivity index (χ3n) is 5.12. The topological polar surface area (TPSA) is 75.7 Å². The molecule has 138 valence electrons. The first-order valence-electron chi connectivity index (χ1n) is 8.95. The number of nitrogens with one attached hydrogen (secondary N) is 1. The second-order valence-corrected chi connectivity index (χ2v) is 7.01. The van der Waals surface area contributed by atoms with Crippen molar-refractivity contribution < 1.29 is 19.1 Å². The van der Waals surface area contributed by atoms with E-state index in [0.717, 1.165) is 11.1 Å². The molecule has 27 heavy (non-hydrogen) atoms. The number of fused-ring (bicyclic) bond motifs is 1. The first-order valence-corrected chi connectivity index (χ1v) is 8.95. The summed E-state index contributed by atoms with van der Waals surface area (Å²) < 4.78 is 5.44. The number of carbonyl (C=O) groups excluding carboxylic acids is 3. The molecule has 2 aromatic carbocycles. The van der Waals surface area contributed by atoms with Gasteiger partial charge in [-0.2, -0.15) is 0 Å². The highest BCUT2D eigenvalue weighted by Crippen LogP contribution is 2.38. The van der Waals surface area contributed by atoms with Crippen LogP contribution in [0.2, 0.25) is 0 Å². The largest absolute Gasteiger partial charge is 0.433 e. The van der Waals surface area contributed by atoms with E-state index in [2.05, 4.69) is 5.32 Å². The number of likely N-dealkylation sites (tertiary alicyclic amines) is 1. The predicted octanol–water partition coefficient (Wildman–Crippen LogP) is 3.10. The molecular formula is C21H20N2O4. The smallest absolute Gasteiger partial charge is 0.340 e. The van der Waals surface area contributed by atoms with Crippen LogP contribution in [0.3, 0.4) is 0 Å². The molecule has 2 heterocycles. The maximum absolute atomic E-state index is 12.9. The summed E-state index contributed by atoms with van der Waals surface area (Å²) >= 11 is 0. The highest BCUT2D eigenvalue weighted by atomic mass is 16.6. The number of aryl methyl sites for hydroxylation is 2. The molecule has 0 spiro atoms. The van der Waals surface area contributed by atoms with Crippen LogP contribution in [0, 0.1) is 13.8 Å². The van der Waals surface area contributed by atoms with Crippen LogP contribution >= 0.6 is 0 Å². The van der Waals surface area contributed by atoms with Crippen molar-refractivity contribution >= 4 is 23.5 Å². The fraction of sp³-hybridized carbons (Fsp3) is 0.286. The molecule has 2 atom stereocenters. The Bertz CT molecular complexity index is 953. The van der Waals surface area contributed by atoms with E-state index < -0.39 is 18.2 Å². The van der Waals surface area contributed by atoms with Crippen molar-refractivity contribution in [3.63, 3.8) is 0 Å². The Morgan fingerprint density at radius 1 is 1.15 bits per heavy atom. The van der Waals surface area contributed by atoms with Crippen molar-refractivity contribution in [2.24, 2.45) is 0 Å². The molecule has 1 fully saturated rings. The van der Waals surface area contributed by atoms with Gasteiger partial charge in [0.2, 0.25) is 18.0 Å². The minimum Gasteiger partial charge on any atom is -0.433 e. The molecule has 0 unspecified atom stereocenters. The molecule has 1 saturated heterocycles. The Kier molecular flexibility index (Phi) is 4.18. The van der Waals surface area contributed by atoms with Crippen LogP contribution in [0.1, 0.15) is 46.1 Å². The summed E-state index contributed by atoms with van der Waals surface area (Å²) in [6, 6.07) is 12.1. The summed E-state index contributed by atoms with van der Waals surface area (Å²) in [5.74, 6) is -0.928. The number of ether oxygens (including phenoxy) is 1. The molecule has 2 amide bonds. The van der Waals surface area contributed by atoms with Gasteiger partial charge in [-0.15, -0.1) is 0 Å². The van der Waals surface area contributed by atoms with E-state index in [1.54, 1.807) is 24.3 Å². The lowest BCUT2D eigenvalue weighted by Gasteiger charge is -2.29. The summed E-state index contributed by atoms with van der Waals surface area (Å²) in [7, 11) is 0. The zero-order valence-electron chi connectivity index (χ0n) is 15.2. The van der Waals surface area contributed by atoms with E-state index in [4.69, 9.17) is 4.74 Å². The maximum Gasteiger partial charge on any atom is 0.340 e. The van der Waals surface area contributed by atoms with Crippen LogP contribution < -0.4 is 5.32 Å². The van der Waals surface area contributed by atoms with Gasteiger partial charge in [-0.3, -0.25) is 14.5 Å². The van der Waals surface area contributed by atoms with Gasteiger partial charge >= 0.3 is 5.97 Å². The van der Waals surface area contributed by atoms with Gasteiger partial charge in [-0.1, -0.05) is 35.9 Å². The maximum atomic E-state index is 12.9. The first-order chi connectivity index (χ1) is 13.0. The number of nitrogens with zero attached hydrogens (tertiary/aromatic N) is 1. The summed E-state index contributed by atoms with van der Waals surface area (Å²) in [4.78, 5) is 39.0. The number of anilines is 1. The van der Waals surface area contributed by atoms with Crippen molar-refractivity contribution in [3.05, 3.63) is 64.7 Å². The fourth-order valence-corrected chi connectivity index (χ4v) is 3.76. The number of rotatable bonds is 3. The molecule has 4 rings (SSSR count). The Morgan fingerprint density at radius 3 is 2.70 bits per heavy atom. The lowest BCUT2D eigenvalue weighted by Crippen LogP contribution is -2.44. The molecule has 2 aliphatic rings. The van der Waals surface area contributed by atoms with Crippen molar-refractivity contribution in [1.82, 2.24) is 4.90 Å². The molecule has 0 saturated carbocycles. The molecule has 0 aliphatic carbocycles. The normalized spacial score (nSPS) is 21.2. The summed E-state index contributed by atoms with van der Waals surface area (Å²) in [5.41, 5.74) is 3.85. The van der Waals surface area contributed by atoms with Crippen LogP contribution in [0.4, 0.5) is 5.69 Å². The average molecular weight is 364 g/mol. The van der Waals surface area contributed by atoms with Crippen LogP contribution in [0.5, 0.6) is 0 Å². The standard InChI is InChI=1S/C21H20N2O4/c1-12-7-8-16(13(2)11-12)22-19(25)17-9-10-18(24)23(17)20-14-5-3-4-6-15(14)21(26)27-20/h3-8,11,17,20H,9-10H2,1-2H3,(H,22,25)/t17-,20-/m0/s1. The van der Waals surface area contributed by atoms with E-state index in [-0.39, 0.29) is 18.2 Å². The fourth-order valence-electron chi connectivity index (χ4n) is 3.76. The molecule has 0 aromatic heterocycles. The minimum absolute atomic E-state index is 0.190. The SMILES string of the molecule is Cc1ccc(NC(=O)[C@@H]2CCC(=O)N2[C@H]2OC(=O)c3ccccc32)c(C)c1. The van der Waals surface area contributed by atoms with Crippen molar-refractivity contribution in [2.45, 2.75) is 39.0 Å². The molecule has 0 radical (unpaired) electrons. The van der Waals surface area contributed by atoms with E-state index in [0.29, 0.717) is 23.2 Å². The zero-order chi connectivity index (χ0) is 19.1. The summed E-state index contributed by atoms with van der Waals surface area (Å²) in [6.07, 6.45) is -0.203. The molecular weight excluding hydrogens is 344 g/mol. The molecule has 6 heteroatoms. The van der Waals surface area contributed by atoms with Gasteiger partial charge in [0.1, 0.15) is 6.04 Å². The number of hydrogen-bond donors (Lipinski definition) is 1. The highest BCUT2D eigenvalue weighted by molar-refractivity contribution is 6.00. The lowest BCUT2D eigenvalue weighted by atomic mass is 10.1. The minimum atomic E-state index is -0.849. The lowest BCUT2D eigenvalue weighted by molar-refractivity contribution is -0.144. The van der Waals surface area contributed by atoms with Gasteiger partial charge in [0.15, 0.2) is 0 Å².